The Kier molecular flexibility index (Phi) is 7.58. The van der Waals surface area contributed by atoms with Crippen LogP contribution in [0.5, 0.6) is 0 Å². The Labute approximate surface area is 101 Å². The third-order valence-corrected chi connectivity index (χ3v) is 3.73. The van der Waals surface area contributed by atoms with Crippen molar-refractivity contribution in [2.75, 3.05) is 6.61 Å². The molecule has 0 radical (unpaired) electrons. The second-order valence-electron chi connectivity index (χ2n) is 5.09. The van der Waals surface area contributed by atoms with Crippen molar-refractivity contribution in [1.29, 1.82) is 0 Å². The van der Waals surface area contributed by atoms with Crippen molar-refractivity contribution >= 4 is 0 Å². The van der Waals surface area contributed by atoms with E-state index in [0.717, 1.165) is 6.42 Å². The predicted octanol–water partition coefficient (Wildman–Crippen LogP) is 4.60. The molecule has 0 aromatic rings. The molecule has 0 aromatic heterocycles. The summed E-state index contributed by atoms with van der Waals surface area (Å²) < 4.78 is 0. The maximum Gasteiger partial charge on any atom is 0.0644 e. The summed E-state index contributed by atoms with van der Waals surface area (Å²) in [4.78, 5) is 0. The molecule has 0 saturated heterocycles. The van der Waals surface area contributed by atoms with Crippen molar-refractivity contribution in [3.63, 3.8) is 0 Å². The van der Waals surface area contributed by atoms with Gasteiger partial charge in [-0.25, -0.2) is 0 Å². The predicted molar refractivity (Wildman–Crippen MR) is 70.6 cm³/mol. The molecule has 1 aliphatic carbocycles. The lowest BCUT2D eigenvalue weighted by atomic mass is 9.89. The smallest absolute Gasteiger partial charge is 0.0644 e. The minimum Gasteiger partial charge on any atom is -0.392 e. The van der Waals surface area contributed by atoms with Crippen LogP contribution >= 0.6 is 0 Å². The molecular formula is C15H28O. The zero-order valence-electron chi connectivity index (χ0n) is 10.9. The van der Waals surface area contributed by atoms with Gasteiger partial charge in [-0.3, -0.25) is 0 Å². The normalized spacial score (nSPS) is 16.9. The van der Waals surface area contributed by atoms with Crippen LogP contribution in [0.2, 0.25) is 0 Å². The molecule has 0 unspecified atom stereocenters. The Morgan fingerprint density at radius 3 is 2.19 bits per heavy atom. The minimum atomic E-state index is 0.311. The van der Waals surface area contributed by atoms with Gasteiger partial charge >= 0.3 is 0 Å². The van der Waals surface area contributed by atoms with Gasteiger partial charge in [-0.1, -0.05) is 44.6 Å². The fraction of sp³-hybridized carbons (Fsp3) is 0.867. The molecule has 0 aliphatic heterocycles. The lowest BCUT2D eigenvalue weighted by Gasteiger charge is -2.19. The number of hydrogen-bond donors (Lipinski definition) is 1. The highest BCUT2D eigenvalue weighted by atomic mass is 16.3. The number of unbranched alkanes of at least 4 members (excludes halogenated alkanes) is 5. The summed E-state index contributed by atoms with van der Waals surface area (Å²) in [5.41, 5.74) is 2.95. The minimum absolute atomic E-state index is 0.311. The van der Waals surface area contributed by atoms with E-state index in [9.17, 15) is 5.11 Å². The first kappa shape index (κ1) is 13.8. The summed E-state index contributed by atoms with van der Waals surface area (Å²) in [5, 5.41) is 9.28. The van der Waals surface area contributed by atoms with Crippen LogP contribution < -0.4 is 0 Å². The van der Waals surface area contributed by atoms with E-state index >= 15 is 0 Å². The molecule has 94 valence electrons. The largest absolute Gasteiger partial charge is 0.392 e. The Balaban J connectivity index is 2.13. The van der Waals surface area contributed by atoms with Crippen molar-refractivity contribution in [1.82, 2.24) is 0 Å². The third-order valence-electron chi connectivity index (χ3n) is 3.73. The zero-order valence-corrected chi connectivity index (χ0v) is 10.9. The lowest BCUT2D eigenvalue weighted by molar-refractivity contribution is 0.319. The van der Waals surface area contributed by atoms with E-state index in [1.807, 2.05) is 0 Å². The van der Waals surface area contributed by atoms with Crippen LogP contribution in [0.1, 0.15) is 77.6 Å². The lowest BCUT2D eigenvalue weighted by Crippen LogP contribution is -2.03. The fourth-order valence-corrected chi connectivity index (χ4v) is 2.64. The molecule has 0 amide bonds. The van der Waals surface area contributed by atoms with Crippen molar-refractivity contribution in [2.24, 2.45) is 0 Å². The van der Waals surface area contributed by atoms with Crippen LogP contribution in [0.25, 0.3) is 0 Å². The van der Waals surface area contributed by atoms with E-state index in [-0.39, 0.29) is 0 Å². The summed E-state index contributed by atoms with van der Waals surface area (Å²) >= 11 is 0. The maximum atomic E-state index is 9.28. The quantitative estimate of drug-likeness (QED) is 0.472. The number of aliphatic hydroxyl groups is 1. The van der Waals surface area contributed by atoms with Gasteiger partial charge in [-0.2, -0.15) is 0 Å². The van der Waals surface area contributed by atoms with E-state index < -0.39 is 0 Å². The van der Waals surface area contributed by atoms with Gasteiger partial charge in [0, 0.05) is 0 Å². The van der Waals surface area contributed by atoms with Crippen LogP contribution in [-0.2, 0) is 0 Å². The van der Waals surface area contributed by atoms with Crippen molar-refractivity contribution in [3.8, 4) is 0 Å². The van der Waals surface area contributed by atoms with Gasteiger partial charge in [-0.15, -0.1) is 0 Å². The van der Waals surface area contributed by atoms with Crippen molar-refractivity contribution in [2.45, 2.75) is 77.6 Å². The molecule has 0 spiro atoms. The zero-order chi connectivity index (χ0) is 11.6. The first-order valence-corrected chi connectivity index (χ1v) is 7.19. The summed E-state index contributed by atoms with van der Waals surface area (Å²) in [7, 11) is 0. The number of rotatable bonds is 8. The van der Waals surface area contributed by atoms with E-state index in [4.69, 9.17) is 0 Å². The monoisotopic (exact) mass is 224 g/mol. The molecule has 0 saturated carbocycles. The highest BCUT2D eigenvalue weighted by Gasteiger charge is 2.11. The van der Waals surface area contributed by atoms with Crippen LogP contribution in [-0.4, -0.2) is 11.7 Å². The van der Waals surface area contributed by atoms with E-state index in [0.29, 0.717) is 6.61 Å². The van der Waals surface area contributed by atoms with Gasteiger partial charge in [0.15, 0.2) is 0 Å². The highest BCUT2D eigenvalue weighted by molar-refractivity contribution is 5.17. The highest BCUT2D eigenvalue weighted by Crippen LogP contribution is 2.28. The standard InChI is InChI=1S/C15H28O/c1-2-3-4-5-6-7-10-14-11-8-9-12-15(14)13-16/h16H,2-13H2,1H3. The molecule has 0 aromatic carbocycles. The van der Waals surface area contributed by atoms with Crippen molar-refractivity contribution in [3.05, 3.63) is 11.1 Å². The molecule has 16 heavy (non-hydrogen) atoms. The second-order valence-corrected chi connectivity index (χ2v) is 5.09. The molecule has 1 heteroatoms. The SMILES string of the molecule is CCCCCCCCC1=C(CO)CCCC1. The van der Waals surface area contributed by atoms with Gasteiger partial charge < -0.3 is 5.11 Å². The van der Waals surface area contributed by atoms with Crippen LogP contribution in [0.3, 0.4) is 0 Å². The van der Waals surface area contributed by atoms with Crippen LogP contribution in [0.4, 0.5) is 0 Å². The molecule has 0 bridgehead atoms. The Bertz CT molecular complexity index is 205. The Morgan fingerprint density at radius 1 is 0.875 bits per heavy atom. The van der Waals surface area contributed by atoms with Gasteiger partial charge in [0.25, 0.3) is 0 Å². The first-order valence-electron chi connectivity index (χ1n) is 7.19. The maximum absolute atomic E-state index is 9.28. The molecule has 1 aliphatic rings. The average molecular weight is 224 g/mol. The summed E-state index contributed by atoms with van der Waals surface area (Å²) in [6, 6.07) is 0. The van der Waals surface area contributed by atoms with E-state index in [1.54, 1.807) is 5.57 Å². The average Bonchev–Trinajstić information content (AvgIpc) is 2.34. The molecule has 1 nitrogen and oxygen atoms in total. The van der Waals surface area contributed by atoms with Gasteiger partial charge in [-0.05, 0) is 44.1 Å². The van der Waals surface area contributed by atoms with E-state index in [1.165, 1.54) is 69.8 Å². The molecule has 1 N–H and O–H groups in total. The van der Waals surface area contributed by atoms with Gasteiger partial charge in [0.1, 0.15) is 0 Å². The topological polar surface area (TPSA) is 20.2 Å². The molecular weight excluding hydrogens is 196 g/mol. The molecule has 1 rings (SSSR count). The van der Waals surface area contributed by atoms with Gasteiger partial charge in [0.2, 0.25) is 0 Å². The number of hydrogen-bond acceptors (Lipinski definition) is 1. The second kappa shape index (κ2) is 8.81. The summed E-state index contributed by atoms with van der Waals surface area (Å²) in [6.07, 6.45) is 14.5. The van der Waals surface area contributed by atoms with Crippen LogP contribution in [0.15, 0.2) is 11.1 Å². The number of allylic oxidation sites excluding steroid dienone is 1. The summed E-state index contributed by atoms with van der Waals surface area (Å²) in [6.45, 7) is 2.57. The van der Waals surface area contributed by atoms with Crippen LogP contribution in [0, 0.1) is 0 Å². The third kappa shape index (κ3) is 5.16. The number of aliphatic hydroxyl groups excluding tert-OH is 1. The molecule has 0 atom stereocenters. The summed E-state index contributed by atoms with van der Waals surface area (Å²) in [5.74, 6) is 0. The van der Waals surface area contributed by atoms with Gasteiger partial charge in [0.05, 0.1) is 6.61 Å². The molecule has 0 fully saturated rings. The Morgan fingerprint density at radius 2 is 1.50 bits per heavy atom. The first-order chi connectivity index (χ1) is 7.88. The fourth-order valence-electron chi connectivity index (χ4n) is 2.64. The molecule has 0 heterocycles. The van der Waals surface area contributed by atoms with Crippen molar-refractivity contribution < 1.29 is 5.11 Å². The Hall–Kier alpha value is -0.300. The van der Waals surface area contributed by atoms with E-state index in [2.05, 4.69) is 6.92 Å².